The van der Waals surface area contributed by atoms with E-state index in [-0.39, 0.29) is 73.9 Å². The summed E-state index contributed by atoms with van der Waals surface area (Å²) >= 11 is 1.53. The quantitative estimate of drug-likeness (QED) is 0.225. The van der Waals surface area contributed by atoms with Crippen LogP contribution < -0.4 is 16.0 Å². The Morgan fingerprint density at radius 2 is 1.57 bits per heavy atom. The summed E-state index contributed by atoms with van der Waals surface area (Å²) in [5.41, 5.74) is 0.662. The van der Waals surface area contributed by atoms with Crippen LogP contribution >= 0.6 is 11.8 Å². The van der Waals surface area contributed by atoms with Crippen LogP contribution in [0.15, 0.2) is 12.5 Å². The second kappa shape index (κ2) is 20.6. The number of imidazole rings is 1. The van der Waals surface area contributed by atoms with Gasteiger partial charge in [0.05, 0.1) is 23.7 Å². The summed E-state index contributed by atoms with van der Waals surface area (Å²) < 4.78 is 0. The number of hydrogen-bond acceptors (Lipinski definition) is 9. The van der Waals surface area contributed by atoms with Gasteiger partial charge in [0.2, 0.25) is 17.7 Å². The number of carbonyl (C=O) groups is 5. The number of rotatable bonds is 16. The first-order valence-corrected chi connectivity index (χ1v) is 13.7. The number of hydrogen-bond donors (Lipinski definition) is 4. The Bertz CT molecular complexity index is 976. The summed E-state index contributed by atoms with van der Waals surface area (Å²) in [6.45, 7) is 12.7. The Hall–Kier alpha value is -3.31. The van der Waals surface area contributed by atoms with Crippen LogP contribution in [0.2, 0.25) is 0 Å². The van der Waals surface area contributed by atoms with Gasteiger partial charge < -0.3 is 20.9 Å². The lowest BCUT2D eigenvalue weighted by Gasteiger charge is -2.21. The molecule has 0 radical (unpaired) electrons. The van der Waals surface area contributed by atoms with Gasteiger partial charge in [-0.1, -0.05) is 42.0 Å². The SMILES string of the molecule is C.CC(C)SC(C)C(=O)NCCC(=O)N[C@@H](Cc1cnc[nH]1)C(=O)C[C@@H](C)C(=O)N[C@@H](C)C(=O)C(C)C.O=C=O. The van der Waals surface area contributed by atoms with Crippen molar-refractivity contribution in [1.82, 2.24) is 25.9 Å². The van der Waals surface area contributed by atoms with Gasteiger partial charge in [-0.15, -0.1) is 11.8 Å². The number of aromatic amines is 1. The standard InChI is InChI=1S/C25H41N5O5S.CO2.CH4/c1-14(2)23(33)17(6)29-24(34)16(5)10-21(31)20(11-19-12-26-13-28-19)30-22(32)8-9-27-25(35)18(7)36-15(3)4;2-1-3;/h12-18,20H,8-11H2,1-7H3,(H,26,28)(H,27,35)(H,29,34)(H,30,32);;1H4/t16-,17+,18?,20+;;/m1../s1. The normalized spacial score (nSPS) is 13.3. The van der Waals surface area contributed by atoms with Crippen LogP contribution in [0.4, 0.5) is 0 Å². The van der Waals surface area contributed by atoms with Gasteiger partial charge in [0, 0.05) is 49.5 Å². The average Bonchev–Trinajstić information content (AvgIpc) is 3.36. The van der Waals surface area contributed by atoms with Gasteiger partial charge in [-0.3, -0.25) is 24.0 Å². The lowest BCUT2D eigenvalue weighted by Crippen LogP contribution is -2.46. The maximum absolute atomic E-state index is 13.1. The Morgan fingerprint density at radius 1 is 0.975 bits per heavy atom. The number of H-pyrrole nitrogens is 1. The topological polar surface area (TPSA) is 184 Å². The summed E-state index contributed by atoms with van der Waals surface area (Å²) in [6, 6.07) is -1.51. The van der Waals surface area contributed by atoms with E-state index < -0.39 is 23.9 Å². The van der Waals surface area contributed by atoms with Crippen molar-refractivity contribution < 1.29 is 33.6 Å². The second-order valence-electron chi connectivity index (χ2n) is 9.71. The maximum atomic E-state index is 13.1. The lowest BCUT2D eigenvalue weighted by molar-refractivity contribution is -0.191. The molecule has 0 spiro atoms. The minimum Gasteiger partial charge on any atom is -0.355 e. The molecule has 0 aliphatic carbocycles. The molecule has 0 fully saturated rings. The van der Waals surface area contributed by atoms with Crippen LogP contribution in [0.25, 0.3) is 0 Å². The minimum atomic E-state index is -0.867. The predicted octanol–water partition coefficient (Wildman–Crippen LogP) is 1.85. The molecule has 1 aromatic heterocycles. The number of Topliss-reactive ketones (excluding diaryl/α,β-unsaturated/α-hetero) is 2. The van der Waals surface area contributed by atoms with Gasteiger partial charge in [0.15, 0.2) is 11.6 Å². The van der Waals surface area contributed by atoms with Crippen LogP contribution in [0.5, 0.6) is 0 Å². The highest BCUT2D eigenvalue weighted by Crippen LogP contribution is 2.16. The maximum Gasteiger partial charge on any atom is 0.373 e. The molecule has 4 N–H and O–H groups in total. The van der Waals surface area contributed by atoms with E-state index in [0.717, 1.165) is 0 Å². The van der Waals surface area contributed by atoms with Crippen molar-refractivity contribution in [3.05, 3.63) is 18.2 Å². The van der Waals surface area contributed by atoms with Crippen LogP contribution in [-0.4, -0.2) is 74.5 Å². The van der Waals surface area contributed by atoms with Gasteiger partial charge in [-0.2, -0.15) is 9.59 Å². The second-order valence-corrected chi connectivity index (χ2v) is 11.6. The first kappa shape index (κ1) is 38.8. The first-order valence-electron chi connectivity index (χ1n) is 12.8. The number of nitrogens with zero attached hydrogens (tertiary/aromatic N) is 1. The minimum absolute atomic E-state index is 0. The van der Waals surface area contributed by atoms with E-state index in [0.29, 0.717) is 10.9 Å². The van der Waals surface area contributed by atoms with Crippen LogP contribution in [0.1, 0.15) is 74.4 Å². The molecule has 0 saturated heterocycles. The molecule has 226 valence electrons. The van der Waals surface area contributed by atoms with Crippen LogP contribution in [0, 0.1) is 11.8 Å². The Balaban J connectivity index is 0. The number of amides is 3. The number of aromatic nitrogens is 2. The Kier molecular flexibility index (Phi) is 20.0. The smallest absolute Gasteiger partial charge is 0.355 e. The van der Waals surface area contributed by atoms with Gasteiger partial charge in [-0.25, -0.2) is 4.98 Å². The lowest BCUT2D eigenvalue weighted by atomic mass is 9.95. The Labute approximate surface area is 241 Å². The van der Waals surface area contributed by atoms with Crippen molar-refractivity contribution in [3.63, 3.8) is 0 Å². The molecular formula is C27H45N5O7S. The van der Waals surface area contributed by atoms with Crippen LogP contribution in [-0.2, 0) is 40.0 Å². The first-order chi connectivity index (χ1) is 18.2. The monoisotopic (exact) mass is 583 g/mol. The largest absolute Gasteiger partial charge is 0.373 e. The molecule has 13 heteroatoms. The molecule has 12 nitrogen and oxygen atoms in total. The zero-order valence-electron chi connectivity index (χ0n) is 23.7. The molecule has 4 atom stereocenters. The summed E-state index contributed by atoms with van der Waals surface area (Å²) in [5, 5.41) is 8.23. The van der Waals surface area contributed by atoms with Gasteiger partial charge in [0.1, 0.15) is 0 Å². The molecule has 0 aliphatic heterocycles. The summed E-state index contributed by atoms with van der Waals surface area (Å²) in [5.74, 6) is -2.21. The zero-order valence-corrected chi connectivity index (χ0v) is 24.5. The highest BCUT2D eigenvalue weighted by atomic mass is 32.2. The Morgan fingerprint density at radius 3 is 2.08 bits per heavy atom. The van der Waals surface area contributed by atoms with Crippen molar-refractivity contribution in [2.75, 3.05) is 6.54 Å². The van der Waals surface area contributed by atoms with Gasteiger partial charge >= 0.3 is 6.15 Å². The third-order valence-corrected chi connectivity index (χ3v) is 6.68. The van der Waals surface area contributed by atoms with Crippen LogP contribution in [0.3, 0.4) is 0 Å². The third-order valence-electron chi connectivity index (χ3n) is 5.51. The highest BCUT2D eigenvalue weighted by molar-refractivity contribution is 8.01. The van der Waals surface area contributed by atoms with E-state index in [1.54, 1.807) is 33.9 Å². The fourth-order valence-electron chi connectivity index (χ4n) is 3.50. The predicted molar refractivity (Wildman–Crippen MR) is 152 cm³/mol. The van der Waals surface area contributed by atoms with Gasteiger partial charge in [-0.05, 0) is 19.1 Å². The summed E-state index contributed by atoms with van der Waals surface area (Å²) in [6.07, 6.45) is 3.40. The van der Waals surface area contributed by atoms with Crippen molar-refractivity contribution >= 4 is 47.2 Å². The van der Waals surface area contributed by atoms with E-state index in [9.17, 15) is 24.0 Å². The molecule has 1 rings (SSSR count). The summed E-state index contributed by atoms with van der Waals surface area (Å²) in [4.78, 5) is 85.5. The number of nitrogens with one attached hydrogen (secondary N) is 4. The molecule has 1 heterocycles. The molecule has 3 amide bonds. The fourth-order valence-corrected chi connectivity index (χ4v) is 4.53. The van der Waals surface area contributed by atoms with E-state index >= 15 is 0 Å². The van der Waals surface area contributed by atoms with E-state index in [1.165, 1.54) is 18.1 Å². The molecular weight excluding hydrogens is 538 g/mol. The van der Waals surface area contributed by atoms with Crippen molar-refractivity contribution in [1.29, 1.82) is 0 Å². The third kappa shape index (κ3) is 15.9. The molecule has 0 saturated carbocycles. The van der Waals surface area contributed by atoms with E-state index in [4.69, 9.17) is 9.59 Å². The number of ketones is 2. The molecule has 40 heavy (non-hydrogen) atoms. The molecule has 0 aliphatic rings. The molecule has 1 aromatic rings. The number of thioether (sulfide) groups is 1. The molecule has 0 aromatic carbocycles. The molecule has 0 bridgehead atoms. The van der Waals surface area contributed by atoms with Crippen molar-refractivity contribution in [3.8, 4) is 0 Å². The van der Waals surface area contributed by atoms with Crippen molar-refractivity contribution in [2.24, 2.45) is 11.8 Å². The van der Waals surface area contributed by atoms with E-state index in [2.05, 4.69) is 25.9 Å². The van der Waals surface area contributed by atoms with E-state index in [1.807, 2.05) is 20.8 Å². The highest BCUT2D eigenvalue weighted by Gasteiger charge is 2.27. The fraction of sp³-hybridized carbons (Fsp3) is 0.667. The number of carbonyl (C=O) groups excluding carboxylic acids is 7. The zero-order chi connectivity index (χ0) is 30.1. The molecule has 1 unspecified atom stereocenters. The van der Waals surface area contributed by atoms with Crippen molar-refractivity contribution in [2.45, 2.75) is 97.7 Å². The average molecular weight is 584 g/mol. The summed E-state index contributed by atoms with van der Waals surface area (Å²) in [7, 11) is 0. The van der Waals surface area contributed by atoms with Gasteiger partial charge in [0.25, 0.3) is 0 Å².